The van der Waals surface area contributed by atoms with E-state index in [0.717, 1.165) is 17.5 Å². The Morgan fingerprint density at radius 2 is 2.13 bits per heavy atom. The highest BCUT2D eigenvalue weighted by atomic mass is 16.6. The summed E-state index contributed by atoms with van der Waals surface area (Å²) in [6, 6.07) is 4.75. The second kappa shape index (κ2) is 8.43. The molecule has 0 aromatic heterocycles. The van der Waals surface area contributed by atoms with Crippen molar-refractivity contribution in [2.24, 2.45) is 5.92 Å². The monoisotopic (exact) mass is 415 g/mol. The molecule has 1 unspecified atom stereocenters. The topological polar surface area (TPSA) is 114 Å². The highest BCUT2D eigenvalue weighted by Crippen LogP contribution is 2.28. The van der Waals surface area contributed by atoms with Crippen LogP contribution in [0.5, 0.6) is 0 Å². The molecule has 1 aromatic carbocycles. The predicted octanol–water partition coefficient (Wildman–Crippen LogP) is 1.10. The summed E-state index contributed by atoms with van der Waals surface area (Å²) >= 11 is 0. The Morgan fingerprint density at radius 3 is 2.87 bits per heavy atom. The third-order valence-corrected chi connectivity index (χ3v) is 5.95. The first-order valence-corrected chi connectivity index (χ1v) is 10.2. The molecule has 3 aliphatic rings. The summed E-state index contributed by atoms with van der Waals surface area (Å²) in [7, 11) is 0. The second-order valence-corrected chi connectivity index (χ2v) is 8.02. The van der Waals surface area contributed by atoms with Crippen molar-refractivity contribution in [3.8, 4) is 0 Å². The van der Waals surface area contributed by atoms with Crippen LogP contribution < -0.4 is 10.6 Å². The Hall–Kier alpha value is -2.94. The minimum absolute atomic E-state index is 0.0633. The minimum Gasteiger partial charge on any atom is -0.447 e. The fraction of sp³-hybridized carbons (Fsp3) is 0.524. The van der Waals surface area contributed by atoms with Crippen LogP contribution in [0.1, 0.15) is 47.7 Å². The summed E-state index contributed by atoms with van der Waals surface area (Å²) in [4.78, 5) is 49.8. The number of fused-ring (bicyclic) bond motifs is 1. The number of carbonyl (C=O) groups is 4. The number of ether oxygens (including phenoxy) is 2. The van der Waals surface area contributed by atoms with Crippen LogP contribution in [0.4, 0.5) is 4.79 Å². The summed E-state index contributed by atoms with van der Waals surface area (Å²) in [5, 5.41) is 4.98. The van der Waals surface area contributed by atoms with Crippen molar-refractivity contribution < 1.29 is 28.7 Å². The summed E-state index contributed by atoms with van der Waals surface area (Å²) in [5.74, 6) is -0.614. The number of rotatable bonds is 5. The lowest BCUT2D eigenvalue weighted by atomic mass is 10.0. The number of hydrogen-bond donors (Lipinski definition) is 2. The Balaban J connectivity index is 1.32. The van der Waals surface area contributed by atoms with Gasteiger partial charge in [0.1, 0.15) is 12.6 Å². The van der Waals surface area contributed by atoms with Gasteiger partial charge >= 0.3 is 6.09 Å². The molecule has 2 fully saturated rings. The Labute approximate surface area is 174 Å². The molecule has 0 bridgehead atoms. The molecular weight excluding hydrogens is 390 g/mol. The molecule has 4 amide bonds. The number of carbonyl (C=O) groups excluding carboxylic acids is 4. The van der Waals surface area contributed by atoms with Crippen molar-refractivity contribution >= 4 is 23.8 Å². The van der Waals surface area contributed by atoms with Gasteiger partial charge in [-0.1, -0.05) is 19.1 Å². The van der Waals surface area contributed by atoms with Crippen molar-refractivity contribution in [1.29, 1.82) is 0 Å². The number of alkyl carbamates (subject to hydrolysis) is 1. The highest BCUT2D eigenvalue weighted by molar-refractivity contribution is 6.05. The van der Waals surface area contributed by atoms with Crippen molar-refractivity contribution in [3.63, 3.8) is 0 Å². The predicted molar refractivity (Wildman–Crippen MR) is 104 cm³/mol. The SMILES string of the molecule is C[C@H]1CCO[C@H]1COC(=O)NCc1ccc2c(c1)C(=O)N(C1CCC(=O)NC1=O)C2. The van der Waals surface area contributed by atoms with Crippen molar-refractivity contribution in [2.45, 2.75) is 51.4 Å². The van der Waals surface area contributed by atoms with E-state index < -0.39 is 18.0 Å². The lowest BCUT2D eigenvalue weighted by Crippen LogP contribution is -2.52. The van der Waals surface area contributed by atoms with Gasteiger partial charge in [0.2, 0.25) is 11.8 Å². The van der Waals surface area contributed by atoms with Gasteiger partial charge in [0.15, 0.2) is 0 Å². The molecule has 9 heteroatoms. The van der Waals surface area contributed by atoms with Crippen LogP contribution in [-0.2, 0) is 32.2 Å². The van der Waals surface area contributed by atoms with Gasteiger partial charge in [-0.25, -0.2) is 4.79 Å². The van der Waals surface area contributed by atoms with E-state index in [1.165, 1.54) is 4.90 Å². The van der Waals surface area contributed by atoms with Gasteiger partial charge in [-0.05, 0) is 36.0 Å². The van der Waals surface area contributed by atoms with E-state index in [4.69, 9.17) is 9.47 Å². The third kappa shape index (κ3) is 4.16. The maximum atomic E-state index is 12.8. The Bertz CT molecular complexity index is 885. The molecule has 0 radical (unpaired) electrons. The molecule has 1 aromatic rings. The van der Waals surface area contributed by atoms with Crippen LogP contribution >= 0.6 is 0 Å². The Kier molecular flexibility index (Phi) is 5.72. The summed E-state index contributed by atoms with van der Waals surface area (Å²) < 4.78 is 10.7. The van der Waals surface area contributed by atoms with Gasteiger partial charge in [-0.2, -0.15) is 0 Å². The van der Waals surface area contributed by atoms with E-state index in [9.17, 15) is 19.2 Å². The van der Waals surface area contributed by atoms with Crippen LogP contribution in [0.25, 0.3) is 0 Å². The lowest BCUT2D eigenvalue weighted by molar-refractivity contribution is -0.136. The number of imide groups is 1. The smallest absolute Gasteiger partial charge is 0.407 e. The molecule has 0 spiro atoms. The van der Waals surface area contributed by atoms with E-state index in [1.54, 1.807) is 6.07 Å². The van der Waals surface area contributed by atoms with E-state index in [2.05, 4.69) is 17.6 Å². The number of benzene rings is 1. The zero-order chi connectivity index (χ0) is 21.3. The average molecular weight is 415 g/mol. The summed E-state index contributed by atoms with van der Waals surface area (Å²) in [6.07, 6.45) is 0.919. The number of nitrogens with one attached hydrogen (secondary N) is 2. The van der Waals surface area contributed by atoms with E-state index in [0.29, 0.717) is 31.1 Å². The van der Waals surface area contributed by atoms with Crippen molar-refractivity contribution in [3.05, 3.63) is 34.9 Å². The third-order valence-electron chi connectivity index (χ3n) is 5.95. The highest BCUT2D eigenvalue weighted by Gasteiger charge is 2.39. The molecule has 4 rings (SSSR count). The first kappa shape index (κ1) is 20.3. The zero-order valence-corrected chi connectivity index (χ0v) is 16.8. The van der Waals surface area contributed by atoms with Gasteiger partial charge in [0.25, 0.3) is 5.91 Å². The van der Waals surface area contributed by atoms with Gasteiger partial charge < -0.3 is 19.7 Å². The Morgan fingerprint density at radius 1 is 1.30 bits per heavy atom. The quantitative estimate of drug-likeness (QED) is 0.696. The van der Waals surface area contributed by atoms with Crippen LogP contribution in [0.3, 0.4) is 0 Å². The largest absolute Gasteiger partial charge is 0.447 e. The maximum absolute atomic E-state index is 12.8. The lowest BCUT2D eigenvalue weighted by Gasteiger charge is -2.29. The normalized spacial score (nSPS) is 25.8. The van der Waals surface area contributed by atoms with Gasteiger partial charge in [-0.3, -0.25) is 19.7 Å². The molecule has 2 N–H and O–H groups in total. The first-order chi connectivity index (χ1) is 14.4. The fourth-order valence-corrected chi connectivity index (χ4v) is 4.06. The summed E-state index contributed by atoms with van der Waals surface area (Å²) in [5.41, 5.74) is 2.10. The summed E-state index contributed by atoms with van der Waals surface area (Å²) in [6.45, 7) is 3.53. The zero-order valence-electron chi connectivity index (χ0n) is 16.8. The van der Waals surface area contributed by atoms with Gasteiger partial charge in [0, 0.05) is 31.7 Å². The first-order valence-electron chi connectivity index (χ1n) is 10.2. The van der Waals surface area contributed by atoms with Crippen LogP contribution in [-0.4, -0.2) is 54.1 Å². The molecular formula is C21H25N3O6. The average Bonchev–Trinajstić information content (AvgIpc) is 3.28. The molecule has 30 heavy (non-hydrogen) atoms. The van der Waals surface area contributed by atoms with E-state index in [-0.39, 0.29) is 37.5 Å². The molecule has 3 atom stereocenters. The molecule has 0 aliphatic carbocycles. The maximum Gasteiger partial charge on any atom is 0.407 e. The molecule has 3 heterocycles. The minimum atomic E-state index is -0.639. The number of nitrogens with zero attached hydrogens (tertiary/aromatic N) is 1. The molecule has 9 nitrogen and oxygen atoms in total. The van der Waals surface area contributed by atoms with Crippen LogP contribution in [0.2, 0.25) is 0 Å². The van der Waals surface area contributed by atoms with E-state index in [1.807, 2.05) is 12.1 Å². The molecule has 0 saturated carbocycles. The molecule has 2 saturated heterocycles. The number of hydrogen-bond acceptors (Lipinski definition) is 6. The molecule has 160 valence electrons. The number of amides is 4. The van der Waals surface area contributed by atoms with Crippen LogP contribution in [0.15, 0.2) is 18.2 Å². The van der Waals surface area contributed by atoms with E-state index >= 15 is 0 Å². The molecule has 3 aliphatic heterocycles. The number of piperidine rings is 1. The van der Waals surface area contributed by atoms with Gasteiger partial charge in [0.05, 0.1) is 6.10 Å². The second-order valence-electron chi connectivity index (χ2n) is 8.02. The van der Waals surface area contributed by atoms with Crippen LogP contribution in [0, 0.1) is 5.92 Å². The van der Waals surface area contributed by atoms with Crippen molar-refractivity contribution in [2.75, 3.05) is 13.2 Å². The van der Waals surface area contributed by atoms with Gasteiger partial charge in [-0.15, -0.1) is 0 Å². The standard InChI is InChI=1S/C21H25N3O6/c1-12-6-7-29-17(12)11-30-21(28)22-9-13-2-3-14-10-24(20(27)15(14)8-13)16-4-5-18(25)23-19(16)26/h2-3,8,12,16-17H,4-7,9-11H2,1H3,(H,22,28)(H,23,25,26)/t12-,16?,17-/m0/s1. The van der Waals surface area contributed by atoms with Crippen molar-refractivity contribution in [1.82, 2.24) is 15.5 Å². The fourth-order valence-electron chi connectivity index (χ4n) is 4.06.